The van der Waals surface area contributed by atoms with E-state index in [1.807, 2.05) is 0 Å². The van der Waals surface area contributed by atoms with Crippen molar-refractivity contribution in [2.75, 3.05) is 6.54 Å². The van der Waals surface area contributed by atoms with Crippen molar-refractivity contribution >= 4 is 5.91 Å². The van der Waals surface area contributed by atoms with Gasteiger partial charge in [-0.25, -0.2) is 0 Å². The molecule has 0 unspecified atom stereocenters. The molecule has 2 fully saturated rings. The van der Waals surface area contributed by atoms with Gasteiger partial charge in [-0.2, -0.15) is 0 Å². The first kappa shape index (κ1) is 11.9. The third-order valence-corrected chi connectivity index (χ3v) is 4.31. The number of piperidine rings is 1. The van der Waals surface area contributed by atoms with Gasteiger partial charge >= 0.3 is 0 Å². The monoisotopic (exact) mass is 223 g/mol. The average Bonchev–Trinajstić information content (AvgIpc) is 2.35. The number of likely N-dealkylation sites (tertiary alicyclic amines) is 1. The topological polar surface area (TPSA) is 20.3 Å². The number of amides is 1. The van der Waals surface area contributed by atoms with Gasteiger partial charge in [-0.3, -0.25) is 4.79 Å². The van der Waals surface area contributed by atoms with Gasteiger partial charge in [0.2, 0.25) is 5.91 Å². The lowest BCUT2D eigenvalue weighted by Gasteiger charge is -2.44. The minimum absolute atomic E-state index is 0.429. The Balaban J connectivity index is 1.93. The zero-order valence-corrected chi connectivity index (χ0v) is 10.6. The van der Waals surface area contributed by atoms with Gasteiger partial charge in [0.05, 0.1) is 0 Å². The van der Waals surface area contributed by atoms with Crippen LogP contribution in [-0.2, 0) is 4.79 Å². The number of hydrogen-bond acceptors (Lipinski definition) is 1. The van der Waals surface area contributed by atoms with Crippen LogP contribution < -0.4 is 0 Å². The number of carbonyl (C=O) groups excluding carboxylic acids is 1. The minimum atomic E-state index is 0.429. The molecule has 0 N–H and O–H groups in total. The van der Waals surface area contributed by atoms with Gasteiger partial charge in [-0.05, 0) is 38.0 Å². The van der Waals surface area contributed by atoms with Gasteiger partial charge in [-0.1, -0.05) is 26.2 Å². The molecule has 2 nitrogen and oxygen atoms in total. The molecule has 0 aromatic rings. The van der Waals surface area contributed by atoms with Gasteiger partial charge in [0.15, 0.2) is 0 Å². The Bertz CT molecular complexity index is 237. The van der Waals surface area contributed by atoms with Gasteiger partial charge in [-0.15, -0.1) is 0 Å². The lowest BCUT2D eigenvalue weighted by atomic mass is 9.78. The summed E-state index contributed by atoms with van der Waals surface area (Å²) in [6, 6.07) is 0.604. The molecule has 1 aliphatic heterocycles. The summed E-state index contributed by atoms with van der Waals surface area (Å²) in [5, 5.41) is 0. The summed E-state index contributed by atoms with van der Waals surface area (Å²) < 4.78 is 0. The van der Waals surface area contributed by atoms with Crippen molar-refractivity contribution in [3.63, 3.8) is 0 Å². The molecule has 0 spiro atoms. The Labute approximate surface area is 99.4 Å². The Morgan fingerprint density at radius 1 is 1.19 bits per heavy atom. The molecule has 2 aliphatic rings. The highest BCUT2D eigenvalue weighted by Crippen LogP contribution is 2.35. The predicted molar refractivity (Wildman–Crippen MR) is 66.2 cm³/mol. The molecule has 2 heteroatoms. The Morgan fingerprint density at radius 3 is 2.75 bits per heavy atom. The Kier molecular flexibility index (Phi) is 4.25. The van der Waals surface area contributed by atoms with Crippen molar-refractivity contribution in [3.8, 4) is 0 Å². The highest BCUT2D eigenvalue weighted by molar-refractivity contribution is 5.76. The van der Waals surface area contributed by atoms with E-state index in [0.29, 0.717) is 11.9 Å². The molecule has 0 aromatic carbocycles. The summed E-state index contributed by atoms with van der Waals surface area (Å²) in [6.07, 6.45) is 10.9. The van der Waals surface area contributed by atoms with Crippen LogP contribution in [0, 0.1) is 5.92 Å². The second-order valence-corrected chi connectivity index (χ2v) is 5.44. The van der Waals surface area contributed by atoms with E-state index in [4.69, 9.17) is 0 Å². The van der Waals surface area contributed by atoms with Gasteiger partial charge in [0.25, 0.3) is 0 Å². The number of hydrogen-bond donors (Lipinski definition) is 0. The van der Waals surface area contributed by atoms with E-state index in [2.05, 4.69) is 11.8 Å². The van der Waals surface area contributed by atoms with E-state index in [-0.39, 0.29) is 0 Å². The van der Waals surface area contributed by atoms with E-state index in [1.165, 1.54) is 38.5 Å². The van der Waals surface area contributed by atoms with Gasteiger partial charge in [0.1, 0.15) is 0 Å². The zero-order chi connectivity index (χ0) is 11.4. The molecular weight excluding hydrogens is 198 g/mol. The van der Waals surface area contributed by atoms with Crippen LogP contribution in [-0.4, -0.2) is 23.4 Å². The van der Waals surface area contributed by atoms with E-state index in [1.54, 1.807) is 0 Å². The average molecular weight is 223 g/mol. The van der Waals surface area contributed by atoms with Crippen LogP contribution in [0.15, 0.2) is 0 Å². The van der Waals surface area contributed by atoms with Crippen molar-refractivity contribution in [2.24, 2.45) is 5.92 Å². The van der Waals surface area contributed by atoms with Crippen LogP contribution in [0.25, 0.3) is 0 Å². The second-order valence-electron chi connectivity index (χ2n) is 5.44. The standard InChI is InChI=1S/C14H25NO/c1-2-3-10-14(16)15-11-6-8-12-7-4-5-9-13(12)15/h12-13H,2-11H2,1H3/t12-,13+/m0/s1. The van der Waals surface area contributed by atoms with Crippen LogP contribution in [0.3, 0.4) is 0 Å². The third kappa shape index (κ3) is 2.58. The summed E-state index contributed by atoms with van der Waals surface area (Å²) in [7, 11) is 0. The molecule has 1 amide bonds. The molecule has 92 valence electrons. The smallest absolute Gasteiger partial charge is 0.222 e. The highest BCUT2D eigenvalue weighted by atomic mass is 16.2. The number of carbonyl (C=O) groups is 1. The largest absolute Gasteiger partial charge is 0.339 e. The summed E-state index contributed by atoms with van der Waals surface area (Å²) in [5.74, 6) is 1.26. The third-order valence-electron chi connectivity index (χ3n) is 4.31. The van der Waals surface area contributed by atoms with Crippen LogP contribution in [0.5, 0.6) is 0 Å². The molecule has 1 saturated heterocycles. The van der Waals surface area contributed by atoms with E-state index >= 15 is 0 Å². The predicted octanol–water partition coefficient (Wildman–Crippen LogP) is 3.36. The van der Waals surface area contributed by atoms with Crippen LogP contribution in [0.1, 0.15) is 64.7 Å². The number of nitrogens with zero attached hydrogens (tertiary/aromatic N) is 1. The summed E-state index contributed by atoms with van der Waals surface area (Å²) in [5.41, 5.74) is 0. The maximum absolute atomic E-state index is 12.1. The van der Waals surface area contributed by atoms with Crippen molar-refractivity contribution in [2.45, 2.75) is 70.8 Å². The summed E-state index contributed by atoms with van der Waals surface area (Å²) >= 11 is 0. The molecule has 16 heavy (non-hydrogen) atoms. The number of fused-ring (bicyclic) bond motifs is 1. The minimum Gasteiger partial charge on any atom is -0.339 e. The fraction of sp³-hybridized carbons (Fsp3) is 0.929. The van der Waals surface area contributed by atoms with Gasteiger partial charge in [0, 0.05) is 19.0 Å². The maximum atomic E-state index is 12.1. The van der Waals surface area contributed by atoms with Crippen molar-refractivity contribution in [1.82, 2.24) is 4.90 Å². The molecule has 2 atom stereocenters. The van der Waals surface area contributed by atoms with E-state index in [0.717, 1.165) is 31.7 Å². The first-order valence-electron chi connectivity index (χ1n) is 7.12. The quantitative estimate of drug-likeness (QED) is 0.718. The first-order chi connectivity index (χ1) is 7.83. The number of unbranched alkanes of at least 4 members (excludes halogenated alkanes) is 1. The molecule has 1 saturated carbocycles. The van der Waals surface area contributed by atoms with Crippen LogP contribution in [0.4, 0.5) is 0 Å². The normalized spacial score (nSPS) is 29.9. The maximum Gasteiger partial charge on any atom is 0.222 e. The molecular formula is C14H25NO. The molecule has 1 aliphatic carbocycles. The first-order valence-corrected chi connectivity index (χ1v) is 7.12. The zero-order valence-electron chi connectivity index (χ0n) is 10.6. The van der Waals surface area contributed by atoms with Crippen LogP contribution >= 0.6 is 0 Å². The Morgan fingerprint density at radius 2 is 1.94 bits per heavy atom. The van der Waals surface area contributed by atoms with Gasteiger partial charge < -0.3 is 4.90 Å². The molecule has 2 rings (SSSR count). The lowest BCUT2D eigenvalue weighted by Crippen LogP contribution is -2.49. The molecule has 0 radical (unpaired) electrons. The van der Waals surface area contributed by atoms with Crippen molar-refractivity contribution in [3.05, 3.63) is 0 Å². The summed E-state index contributed by atoms with van der Waals surface area (Å²) in [6.45, 7) is 3.19. The van der Waals surface area contributed by atoms with Crippen molar-refractivity contribution in [1.29, 1.82) is 0 Å². The SMILES string of the molecule is CCCCC(=O)N1CCC[C@@H]2CCCC[C@H]21. The highest BCUT2D eigenvalue weighted by Gasteiger charge is 2.35. The second kappa shape index (κ2) is 5.70. The molecule has 0 aromatic heterocycles. The van der Waals surface area contributed by atoms with Crippen LogP contribution in [0.2, 0.25) is 0 Å². The number of rotatable bonds is 3. The molecule has 0 bridgehead atoms. The van der Waals surface area contributed by atoms with E-state index in [9.17, 15) is 4.79 Å². The molecule has 1 heterocycles. The van der Waals surface area contributed by atoms with Crippen molar-refractivity contribution < 1.29 is 4.79 Å². The lowest BCUT2D eigenvalue weighted by molar-refractivity contribution is -0.137. The fourth-order valence-corrected chi connectivity index (χ4v) is 3.41. The Hall–Kier alpha value is -0.530. The summed E-state index contributed by atoms with van der Waals surface area (Å²) in [4.78, 5) is 14.4. The van der Waals surface area contributed by atoms with E-state index < -0.39 is 0 Å². The fourth-order valence-electron chi connectivity index (χ4n) is 3.41.